The number of hydrogen-bond donors (Lipinski definition) is 0. The van der Waals surface area contributed by atoms with Gasteiger partial charge in [-0.25, -0.2) is 0 Å². The van der Waals surface area contributed by atoms with Gasteiger partial charge >= 0.3 is 0 Å². The van der Waals surface area contributed by atoms with Crippen molar-refractivity contribution in [3.63, 3.8) is 0 Å². The molecule has 1 amide bonds. The van der Waals surface area contributed by atoms with Crippen LogP contribution in [0.4, 0.5) is 5.69 Å². The molecule has 172 valence electrons. The van der Waals surface area contributed by atoms with Gasteiger partial charge in [0.2, 0.25) is 5.91 Å². The first kappa shape index (κ1) is 23.1. The molecule has 1 unspecified atom stereocenters. The standard InChI is InChI=1S/C30H35NO2/c1-20(2)23-11-14-26(15-12-23)31(19-25-10-9-21(3)17-22(25)4)30(32)28-8-6-7-24-13-16-27(33-5)18-29(24)28/h9-18,20,28H,6-8,19H2,1-5H3. The fourth-order valence-electron chi connectivity index (χ4n) is 4.88. The van der Waals surface area contributed by atoms with Gasteiger partial charge in [-0.3, -0.25) is 4.79 Å². The molecule has 0 fully saturated rings. The molecule has 0 aliphatic heterocycles. The van der Waals surface area contributed by atoms with Crippen LogP contribution in [-0.4, -0.2) is 13.0 Å². The number of anilines is 1. The van der Waals surface area contributed by atoms with E-state index in [2.05, 4.69) is 82.3 Å². The average molecular weight is 442 g/mol. The van der Waals surface area contributed by atoms with Crippen molar-refractivity contribution in [3.8, 4) is 5.75 Å². The molecule has 33 heavy (non-hydrogen) atoms. The number of nitrogens with zero attached hydrogens (tertiary/aromatic N) is 1. The smallest absolute Gasteiger partial charge is 0.234 e. The predicted molar refractivity (Wildman–Crippen MR) is 136 cm³/mol. The second-order valence-corrected chi connectivity index (χ2v) is 9.61. The number of fused-ring (bicyclic) bond motifs is 1. The Morgan fingerprint density at radius 2 is 1.79 bits per heavy atom. The first-order valence-electron chi connectivity index (χ1n) is 12.0. The molecule has 0 aromatic heterocycles. The van der Waals surface area contributed by atoms with E-state index in [0.29, 0.717) is 12.5 Å². The Kier molecular flexibility index (Phi) is 6.88. The lowest BCUT2D eigenvalue weighted by Gasteiger charge is -2.32. The lowest BCUT2D eigenvalue weighted by Crippen LogP contribution is -2.36. The Morgan fingerprint density at radius 3 is 2.45 bits per heavy atom. The molecule has 3 heteroatoms. The van der Waals surface area contributed by atoms with Gasteiger partial charge in [-0.2, -0.15) is 0 Å². The Morgan fingerprint density at radius 1 is 1.03 bits per heavy atom. The molecular weight excluding hydrogens is 406 g/mol. The third-order valence-corrected chi connectivity index (χ3v) is 6.93. The van der Waals surface area contributed by atoms with Crippen molar-refractivity contribution < 1.29 is 9.53 Å². The monoisotopic (exact) mass is 441 g/mol. The normalized spacial score (nSPS) is 15.3. The molecule has 0 N–H and O–H groups in total. The van der Waals surface area contributed by atoms with Gasteiger partial charge in [0, 0.05) is 5.69 Å². The third-order valence-electron chi connectivity index (χ3n) is 6.93. The number of carbonyl (C=O) groups excluding carboxylic acids is 1. The van der Waals surface area contributed by atoms with Crippen LogP contribution in [0.1, 0.15) is 71.9 Å². The van der Waals surface area contributed by atoms with Crippen molar-refractivity contribution in [2.45, 2.75) is 65.3 Å². The fourth-order valence-corrected chi connectivity index (χ4v) is 4.88. The molecule has 4 rings (SSSR count). The van der Waals surface area contributed by atoms with Crippen LogP contribution in [0.25, 0.3) is 0 Å². The van der Waals surface area contributed by atoms with Crippen molar-refractivity contribution in [2.24, 2.45) is 0 Å². The molecule has 0 heterocycles. The molecule has 3 aromatic rings. The lowest BCUT2D eigenvalue weighted by molar-refractivity contribution is -0.120. The summed E-state index contributed by atoms with van der Waals surface area (Å²) < 4.78 is 5.49. The average Bonchev–Trinajstić information content (AvgIpc) is 2.82. The number of ether oxygens (including phenoxy) is 1. The summed E-state index contributed by atoms with van der Waals surface area (Å²) >= 11 is 0. The molecule has 0 saturated heterocycles. The van der Waals surface area contributed by atoms with Crippen LogP contribution < -0.4 is 9.64 Å². The Hall–Kier alpha value is -3.07. The topological polar surface area (TPSA) is 29.5 Å². The van der Waals surface area contributed by atoms with Crippen LogP contribution in [0, 0.1) is 13.8 Å². The van der Waals surface area contributed by atoms with E-state index in [1.54, 1.807) is 7.11 Å². The van der Waals surface area contributed by atoms with E-state index in [0.717, 1.165) is 36.3 Å². The summed E-state index contributed by atoms with van der Waals surface area (Å²) in [6.45, 7) is 9.20. The maximum Gasteiger partial charge on any atom is 0.234 e. The second kappa shape index (κ2) is 9.82. The summed E-state index contributed by atoms with van der Waals surface area (Å²) in [4.78, 5) is 16.1. The number of carbonyl (C=O) groups is 1. The number of aryl methyl sites for hydroxylation is 3. The Balaban J connectivity index is 1.74. The lowest BCUT2D eigenvalue weighted by atomic mass is 9.81. The zero-order chi connectivity index (χ0) is 23.5. The van der Waals surface area contributed by atoms with E-state index < -0.39 is 0 Å². The molecule has 1 atom stereocenters. The number of amides is 1. The van der Waals surface area contributed by atoms with Crippen molar-refractivity contribution in [1.29, 1.82) is 0 Å². The van der Waals surface area contributed by atoms with E-state index in [4.69, 9.17) is 4.74 Å². The second-order valence-electron chi connectivity index (χ2n) is 9.61. The number of methoxy groups -OCH3 is 1. The van der Waals surface area contributed by atoms with Crippen LogP contribution in [0.2, 0.25) is 0 Å². The molecular formula is C30H35NO2. The van der Waals surface area contributed by atoms with Gasteiger partial charge in [0.15, 0.2) is 0 Å². The van der Waals surface area contributed by atoms with Crippen LogP contribution in [0.15, 0.2) is 60.7 Å². The van der Waals surface area contributed by atoms with Gasteiger partial charge in [-0.1, -0.05) is 55.8 Å². The summed E-state index contributed by atoms with van der Waals surface area (Å²) in [5.41, 5.74) is 8.27. The van der Waals surface area contributed by atoms with Crippen molar-refractivity contribution in [1.82, 2.24) is 0 Å². The van der Waals surface area contributed by atoms with Crippen LogP contribution in [0.3, 0.4) is 0 Å². The molecule has 1 aliphatic rings. The van der Waals surface area contributed by atoms with E-state index >= 15 is 0 Å². The van der Waals surface area contributed by atoms with E-state index in [9.17, 15) is 4.79 Å². The SMILES string of the molecule is COc1ccc2c(c1)C(C(=O)N(Cc1ccc(C)cc1C)c1ccc(C(C)C)cc1)CCC2. The predicted octanol–water partition coefficient (Wildman–Crippen LogP) is 7.09. The molecule has 3 aromatic carbocycles. The quantitative estimate of drug-likeness (QED) is 0.409. The van der Waals surface area contributed by atoms with Gasteiger partial charge < -0.3 is 9.64 Å². The van der Waals surface area contributed by atoms with Gasteiger partial charge in [0.25, 0.3) is 0 Å². The summed E-state index contributed by atoms with van der Waals surface area (Å²) in [5, 5.41) is 0. The van der Waals surface area contributed by atoms with Crippen molar-refractivity contribution in [3.05, 3.63) is 94.0 Å². The van der Waals surface area contributed by atoms with E-state index in [1.165, 1.54) is 27.8 Å². The van der Waals surface area contributed by atoms with Crippen molar-refractivity contribution >= 4 is 11.6 Å². The zero-order valence-electron chi connectivity index (χ0n) is 20.5. The molecule has 1 aliphatic carbocycles. The highest BCUT2D eigenvalue weighted by molar-refractivity contribution is 5.98. The van der Waals surface area contributed by atoms with Crippen molar-refractivity contribution in [2.75, 3.05) is 12.0 Å². The van der Waals surface area contributed by atoms with Gasteiger partial charge in [-0.15, -0.1) is 0 Å². The van der Waals surface area contributed by atoms with Gasteiger partial charge in [-0.05, 0) is 91.1 Å². The Bertz CT molecular complexity index is 1130. The Labute approximate surface area is 198 Å². The largest absolute Gasteiger partial charge is 0.497 e. The van der Waals surface area contributed by atoms with E-state index in [-0.39, 0.29) is 11.8 Å². The zero-order valence-corrected chi connectivity index (χ0v) is 20.5. The van der Waals surface area contributed by atoms with Crippen LogP contribution in [-0.2, 0) is 17.8 Å². The number of rotatable bonds is 6. The first-order chi connectivity index (χ1) is 15.9. The number of benzene rings is 3. The van der Waals surface area contributed by atoms with Gasteiger partial charge in [0.1, 0.15) is 5.75 Å². The first-order valence-corrected chi connectivity index (χ1v) is 12.0. The molecule has 0 spiro atoms. The molecule has 0 bridgehead atoms. The molecule has 3 nitrogen and oxygen atoms in total. The summed E-state index contributed by atoms with van der Waals surface area (Å²) in [6, 6.07) is 21.2. The summed E-state index contributed by atoms with van der Waals surface area (Å²) in [6.07, 6.45) is 2.91. The minimum Gasteiger partial charge on any atom is -0.497 e. The van der Waals surface area contributed by atoms with Crippen LogP contribution in [0.5, 0.6) is 5.75 Å². The maximum atomic E-state index is 14.1. The highest BCUT2D eigenvalue weighted by atomic mass is 16.5. The third kappa shape index (κ3) is 4.98. The van der Waals surface area contributed by atoms with Crippen LogP contribution >= 0.6 is 0 Å². The highest BCUT2D eigenvalue weighted by Crippen LogP contribution is 2.37. The fraction of sp³-hybridized carbons (Fsp3) is 0.367. The summed E-state index contributed by atoms with van der Waals surface area (Å²) in [7, 11) is 1.68. The minimum absolute atomic E-state index is 0.153. The number of hydrogen-bond acceptors (Lipinski definition) is 2. The summed E-state index contributed by atoms with van der Waals surface area (Å²) in [5.74, 6) is 1.29. The molecule has 0 saturated carbocycles. The highest BCUT2D eigenvalue weighted by Gasteiger charge is 2.31. The molecule has 0 radical (unpaired) electrons. The van der Waals surface area contributed by atoms with E-state index in [1.807, 2.05) is 11.0 Å². The maximum absolute atomic E-state index is 14.1. The minimum atomic E-state index is -0.153. The van der Waals surface area contributed by atoms with Gasteiger partial charge in [0.05, 0.1) is 19.6 Å².